The van der Waals surface area contributed by atoms with Gasteiger partial charge < -0.3 is 19.9 Å². The van der Waals surface area contributed by atoms with Crippen LogP contribution in [0.15, 0.2) is 55.1 Å². The quantitative estimate of drug-likeness (QED) is 0.808. The Balaban J connectivity index is 1.80. The van der Waals surface area contributed by atoms with Crippen LogP contribution in [0, 0.1) is 0 Å². The Morgan fingerprint density at radius 1 is 1.14 bits per heavy atom. The molecule has 2 aromatic carbocycles. The molecule has 0 spiro atoms. The summed E-state index contributed by atoms with van der Waals surface area (Å²) in [4.78, 5) is 28.0. The highest BCUT2D eigenvalue weighted by Gasteiger charge is 2.25. The first-order valence-electron chi connectivity index (χ1n) is 9.16. The molecule has 0 saturated heterocycles. The fraction of sp³-hybridized carbons (Fsp3) is 0.273. The van der Waals surface area contributed by atoms with Crippen molar-refractivity contribution >= 4 is 23.2 Å². The summed E-state index contributed by atoms with van der Waals surface area (Å²) in [5.74, 6) is 0.294. The molecule has 0 bridgehead atoms. The number of amides is 2. The minimum Gasteiger partial charge on any atom is -0.491 e. The van der Waals surface area contributed by atoms with E-state index in [0.29, 0.717) is 23.5 Å². The molecular formula is C22H25N3O3. The lowest BCUT2D eigenvalue weighted by molar-refractivity contribution is -0.113. The van der Waals surface area contributed by atoms with Gasteiger partial charge in [0.05, 0.1) is 12.3 Å². The number of likely N-dealkylation sites (N-methyl/N-ethyl adjacent to an activating group) is 1. The number of anilines is 2. The van der Waals surface area contributed by atoms with Gasteiger partial charge in [-0.1, -0.05) is 18.7 Å². The molecule has 146 valence electrons. The normalized spacial score (nSPS) is 15.4. The van der Waals surface area contributed by atoms with Gasteiger partial charge in [-0.15, -0.1) is 0 Å². The van der Waals surface area contributed by atoms with Crippen LogP contribution < -0.4 is 15.0 Å². The summed E-state index contributed by atoms with van der Waals surface area (Å²) in [6.45, 7) is 4.09. The third-order valence-corrected chi connectivity index (χ3v) is 4.94. The van der Waals surface area contributed by atoms with E-state index in [-0.39, 0.29) is 17.9 Å². The molecule has 6 heteroatoms. The van der Waals surface area contributed by atoms with Gasteiger partial charge >= 0.3 is 0 Å². The number of ether oxygens (including phenoxy) is 1. The van der Waals surface area contributed by atoms with Crippen molar-refractivity contribution in [3.63, 3.8) is 0 Å². The van der Waals surface area contributed by atoms with Crippen LogP contribution in [0.5, 0.6) is 5.75 Å². The summed E-state index contributed by atoms with van der Waals surface area (Å²) in [6, 6.07) is 12.9. The zero-order chi connectivity index (χ0) is 20.3. The number of rotatable bonds is 5. The molecule has 0 radical (unpaired) electrons. The molecule has 0 fully saturated rings. The predicted molar refractivity (Wildman–Crippen MR) is 111 cm³/mol. The molecule has 1 N–H and O–H groups in total. The second-order valence-electron chi connectivity index (χ2n) is 6.94. The van der Waals surface area contributed by atoms with E-state index < -0.39 is 0 Å². The molecule has 0 aliphatic carbocycles. The van der Waals surface area contributed by atoms with Crippen molar-refractivity contribution in [2.75, 3.05) is 38.0 Å². The van der Waals surface area contributed by atoms with E-state index in [9.17, 15) is 9.59 Å². The summed E-state index contributed by atoms with van der Waals surface area (Å²) in [5, 5.41) is 2.95. The zero-order valence-corrected chi connectivity index (χ0v) is 16.4. The third kappa shape index (κ3) is 3.92. The van der Waals surface area contributed by atoms with Gasteiger partial charge in [-0.05, 0) is 50.5 Å². The smallest absolute Gasteiger partial charge is 0.255 e. The van der Waals surface area contributed by atoms with Gasteiger partial charge in [-0.25, -0.2) is 0 Å². The first kappa shape index (κ1) is 19.6. The summed E-state index contributed by atoms with van der Waals surface area (Å²) in [6.07, 6.45) is 2.16. The molecule has 1 aliphatic rings. The molecule has 28 heavy (non-hydrogen) atoms. The zero-order valence-electron chi connectivity index (χ0n) is 16.4. The molecule has 1 unspecified atom stereocenters. The second-order valence-corrected chi connectivity index (χ2v) is 6.94. The number of nitrogens with one attached hydrogen (secondary N) is 1. The standard InChI is InChI=1S/C22H25N3O3/c1-5-20(26)25(4)16-11-9-15(10-12-16)22(27)23-18-8-6-7-17-19(24(2)3)13-14-28-21(17)18/h5-12,19H,1,13-14H2,2-4H3,(H,23,27). The van der Waals surface area contributed by atoms with Crippen molar-refractivity contribution in [3.05, 3.63) is 66.2 Å². The predicted octanol–water partition coefficient (Wildman–Crippen LogP) is 3.47. The molecule has 1 atom stereocenters. The molecule has 1 aliphatic heterocycles. The average Bonchev–Trinajstić information content (AvgIpc) is 2.72. The van der Waals surface area contributed by atoms with Gasteiger partial charge in [0.2, 0.25) is 5.91 Å². The Hall–Kier alpha value is -3.12. The average molecular weight is 379 g/mol. The first-order chi connectivity index (χ1) is 13.4. The molecule has 2 amide bonds. The minimum atomic E-state index is -0.228. The van der Waals surface area contributed by atoms with Crippen molar-refractivity contribution in [2.24, 2.45) is 0 Å². The summed E-state index contributed by atoms with van der Waals surface area (Å²) >= 11 is 0. The fourth-order valence-electron chi connectivity index (χ4n) is 3.34. The van der Waals surface area contributed by atoms with Gasteiger partial charge in [0, 0.05) is 36.3 Å². The van der Waals surface area contributed by atoms with E-state index in [4.69, 9.17) is 4.74 Å². The molecular weight excluding hydrogens is 354 g/mol. The van der Waals surface area contributed by atoms with Gasteiger partial charge in [0.1, 0.15) is 5.75 Å². The van der Waals surface area contributed by atoms with E-state index in [1.54, 1.807) is 31.3 Å². The van der Waals surface area contributed by atoms with Crippen molar-refractivity contribution in [1.82, 2.24) is 4.90 Å². The lowest BCUT2D eigenvalue weighted by Crippen LogP contribution is -2.27. The van der Waals surface area contributed by atoms with Crippen molar-refractivity contribution in [3.8, 4) is 5.75 Å². The Morgan fingerprint density at radius 2 is 1.86 bits per heavy atom. The van der Waals surface area contributed by atoms with Gasteiger partial charge in [-0.2, -0.15) is 0 Å². The maximum atomic E-state index is 12.7. The lowest BCUT2D eigenvalue weighted by Gasteiger charge is -2.31. The van der Waals surface area contributed by atoms with E-state index in [1.807, 2.05) is 32.3 Å². The summed E-state index contributed by atoms with van der Waals surface area (Å²) in [7, 11) is 5.75. The van der Waals surface area contributed by atoms with E-state index in [0.717, 1.165) is 17.7 Å². The van der Waals surface area contributed by atoms with E-state index in [1.165, 1.54) is 11.0 Å². The van der Waals surface area contributed by atoms with Gasteiger partial charge in [0.15, 0.2) is 0 Å². The first-order valence-corrected chi connectivity index (χ1v) is 9.16. The minimum absolute atomic E-state index is 0.208. The maximum Gasteiger partial charge on any atom is 0.255 e. The number of carbonyl (C=O) groups excluding carboxylic acids is 2. The van der Waals surface area contributed by atoms with E-state index >= 15 is 0 Å². The highest BCUT2D eigenvalue weighted by molar-refractivity contribution is 6.06. The van der Waals surface area contributed by atoms with Crippen LogP contribution >= 0.6 is 0 Å². The molecule has 3 rings (SSSR count). The summed E-state index contributed by atoms with van der Waals surface area (Å²) < 4.78 is 5.87. The number of fused-ring (bicyclic) bond motifs is 1. The number of hydrogen-bond acceptors (Lipinski definition) is 4. The number of benzene rings is 2. The van der Waals surface area contributed by atoms with Crippen LogP contribution in [0.3, 0.4) is 0 Å². The second kappa shape index (κ2) is 8.27. The van der Waals surface area contributed by atoms with Gasteiger partial charge in [-0.3, -0.25) is 9.59 Å². The molecule has 1 heterocycles. The van der Waals surface area contributed by atoms with Crippen LogP contribution in [0.25, 0.3) is 0 Å². The van der Waals surface area contributed by atoms with Crippen LogP contribution in [-0.4, -0.2) is 44.5 Å². The largest absolute Gasteiger partial charge is 0.491 e. The molecule has 6 nitrogen and oxygen atoms in total. The Morgan fingerprint density at radius 3 is 2.50 bits per heavy atom. The number of hydrogen-bond donors (Lipinski definition) is 1. The third-order valence-electron chi connectivity index (χ3n) is 4.94. The lowest BCUT2D eigenvalue weighted by atomic mass is 9.98. The highest BCUT2D eigenvalue weighted by atomic mass is 16.5. The Labute approximate surface area is 165 Å². The Bertz CT molecular complexity index is 890. The van der Waals surface area contributed by atoms with Crippen LogP contribution in [0.4, 0.5) is 11.4 Å². The molecule has 2 aromatic rings. The van der Waals surface area contributed by atoms with E-state index in [2.05, 4.69) is 16.8 Å². The van der Waals surface area contributed by atoms with Crippen molar-refractivity contribution < 1.29 is 14.3 Å². The number of para-hydroxylation sites is 1. The maximum absolute atomic E-state index is 12.7. The van der Waals surface area contributed by atoms with Crippen molar-refractivity contribution in [2.45, 2.75) is 12.5 Å². The van der Waals surface area contributed by atoms with Crippen molar-refractivity contribution in [1.29, 1.82) is 0 Å². The van der Waals surface area contributed by atoms with Crippen LogP contribution in [0.2, 0.25) is 0 Å². The fourth-order valence-corrected chi connectivity index (χ4v) is 3.34. The summed E-state index contributed by atoms with van der Waals surface area (Å²) in [5.41, 5.74) is 2.93. The number of carbonyl (C=O) groups is 2. The van der Waals surface area contributed by atoms with Gasteiger partial charge in [0.25, 0.3) is 5.91 Å². The van der Waals surface area contributed by atoms with Crippen LogP contribution in [0.1, 0.15) is 28.4 Å². The Kier molecular flexibility index (Phi) is 5.80. The topological polar surface area (TPSA) is 61.9 Å². The molecule has 0 saturated carbocycles. The molecule has 0 aromatic heterocycles. The monoisotopic (exact) mass is 379 g/mol. The number of nitrogens with zero attached hydrogens (tertiary/aromatic N) is 2. The highest BCUT2D eigenvalue weighted by Crippen LogP contribution is 2.40. The van der Waals surface area contributed by atoms with Crippen LogP contribution in [-0.2, 0) is 4.79 Å². The SMILES string of the molecule is C=CC(=O)N(C)c1ccc(C(=O)Nc2cccc3c2OCCC3N(C)C)cc1.